The highest BCUT2D eigenvalue weighted by Gasteiger charge is 2.18. The molecule has 3 aromatic rings. The van der Waals surface area contributed by atoms with Gasteiger partial charge < -0.3 is 23.9 Å². The maximum absolute atomic E-state index is 12.3. The second-order valence-corrected chi connectivity index (χ2v) is 8.14. The van der Waals surface area contributed by atoms with Gasteiger partial charge in [0, 0.05) is 26.7 Å². The number of carbonyl (C=O) groups excluding carboxylic acids is 1. The van der Waals surface area contributed by atoms with E-state index in [4.69, 9.17) is 18.6 Å². The number of aromatic nitrogens is 1. The molecule has 4 rings (SSSR count). The van der Waals surface area contributed by atoms with Crippen LogP contribution >= 0.6 is 0 Å². The zero-order valence-electron chi connectivity index (χ0n) is 19.2. The van der Waals surface area contributed by atoms with Gasteiger partial charge in [0.05, 0.1) is 13.2 Å². The minimum atomic E-state index is -0.279. The summed E-state index contributed by atoms with van der Waals surface area (Å²) in [5.74, 6) is 1.72. The molecule has 2 heterocycles. The molecule has 0 unspecified atom stereocenters. The first kappa shape index (κ1) is 22.8. The third-order valence-corrected chi connectivity index (χ3v) is 5.48. The first-order valence-electron chi connectivity index (χ1n) is 10.9. The molecule has 0 saturated heterocycles. The molecule has 0 saturated carbocycles. The van der Waals surface area contributed by atoms with Gasteiger partial charge in [-0.3, -0.25) is 9.69 Å². The van der Waals surface area contributed by atoms with E-state index in [1.165, 1.54) is 23.0 Å². The van der Waals surface area contributed by atoms with Crippen molar-refractivity contribution >= 4 is 5.91 Å². The van der Waals surface area contributed by atoms with Crippen LogP contribution in [0.1, 0.15) is 38.6 Å². The highest BCUT2D eigenvalue weighted by atomic mass is 16.7. The summed E-state index contributed by atoms with van der Waals surface area (Å²) in [5.41, 5.74) is 5.02. The van der Waals surface area contributed by atoms with Gasteiger partial charge in [0.25, 0.3) is 5.91 Å². The molecule has 1 aliphatic rings. The average molecular weight is 452 g/mol. The number of hydrogen-bond donors (Lipinski definition) is 1. The molecule has 1 N–H and O–H groups in total. The molecule has 8 nitrogen and oxygen atoms in total. The van der Waals surface area contributed by atoms with Crippen LogP contribution in [0.2, 0.25) is 0 Å². The van der Waals surface area contributed by atoms with E-state index in [0.717, 1.165) is 17.1 Å². The van der Waals surface area contributed by atoms with Gasteiger partial charge in [0.1, 0.15) is 6.26 Å². The Morgan fingerprint density at radius 1 is 1.09 bits per heavy atom. The Balaban J connectivity index is 1.51. The Kier molecular flexibility index (Phi) is 7.26. The van der Waals surface area contributed by atoms with Crippen LogP contribution in [0.3, 0.4) is 0 Å². The van der Waals surface area contributed by atoms with Gasteiger partial charge in [-0.25, -0.2) is 4.98 Å². The van der Waals surface area contributed by atoms with Crippen molar-refractivity contribution < 1.29 is 23.4 Å². The Labute approximate surface area is 193 Å². The molecule has 2 aromatic carbocycles. The lowest BCUT2D eigenvalue weighted by Gasteiger charge is -2.22. The van der Waals surface area contributed by atoms with Crippen LogP contribution in [0, 0.1) is 13.8 Å². The maximum atomic E-state index is 12.3. The Morgan fingerprint density at radius 3 is 2.79 bits per heavy atom. The van der Waals surface area contributed by atoms with Gasteiger partial charge >= 0.3 is 0 Å². The fourth-order valence-electron chi connectivity index (χ4n) is 3.71. The third-order valence-electron chi connectivity index (χ3n) is 5.48. The molecule has 8 heteroatoms. The number of fused-ring (bicyclic) bond motifs is 1. The summed E-state index contributed by atoms with van der Waals surface area (Å²) < 4.78 is 21.6. The molecule has 174 valence electrons. The van der Waals surface area contributed by atoms with E-state index < -0.39 is 0 Å². The molecule has 0 spiro atoms. The number of oxazole rings is 1. The van der Waals surface area contributed by atoms with Crippen molar-refractivity contribution in [1.82, 2.24) is 15.2 Å². The number of methoxy groups -OCH3 is 1. The quantitative estimate of drug-likeness (QED) is 0.472. The summed E-state index contributed by atoms with van der Waals surface area (Å²) in [7, 11) is 1.59. The van der Waals surface area contributed by atoms with Crippen molar-refractivity contribution in [3.8, 4) is 11.5 Å². The van der Waals surface area contributed by atoms with Crippen molar-refractivity contribution in [3.63, 3.8) is 0 Å². The number of benzene rings is 2. The number of rotatable bonds is 10. The highest BCUT2D eigenvalue weighted by Crippen LogP contribution is 2.33. The van der Waals surface area contributed by atoms with Gasteiger partial charge in [-0.15, -0.1) is 0 Å². The number of amides is 1. The highest BCUT2D eigenvalue weighted by molar-refractivity contribution is 5.91. The van der Waals surface area contributed by atoms with Crippen LogP contribution in [0.5, 0.6) is 11.5 Å². The average Bonchev–Trinajstić information content (AvgIpc) is 3.45. The molecule has 1 amide bonds. The predicted octanol–water partition coefficient (Wildman–Crippen LogP) is 3.60. The number of nitrogens with one attached hydrogen (secondary N) is 1. The Hall–Kier alpha value is -3.36. The third kappa shape index (κ3) is 5.91. The first-order valence-corrected chi connectivity index (χ1v) is 10.9. The fourth-order valence-corrected chi connectivity index (χ4v) is 3.71. The number of aryl methyl sites for hydroxylation is 2. The monoisotopic (exact) mass is 451 g/mol. The van der Waals surface area contributed by atoms with Crippen molar-refractivity contribution in [2.24, 2.45) is 0 Å². The summed E-state index contributed by atoms with van der Waals surface area (Å²) in [6.07, 6.45) is 1.40. The first-order chi connectivity index (χ1) is 16.0. The van der Waals surface area contributed by atoms with Crippen molar-refractivity contribution in [2.75, 3.05) is 27.1 Å². The SMILES string of the molecule is COCCNC(=O)c1coc(CN(Cc2ccc3c(c2)OCO3)Cc2cc(C)ccc2C)n1. The van der Waals surface area contributed by atoms with E-state index >= 15 is 0 Å². The Morgan fingerprint density at radius 2 is 1.94 bits per heavy atom. The lowest BCUT2D eigenvalue weighted by molar-refractivity contribution is 0.0932. The molecule has 0 atom stereocenters. The van der Waals surface area contributed by atoms with Gasteiger partial charge in [-0.05, 0) is 42.7 Å². The van der Waals surface area contributed by atoms with E-state index in [1.54, 1.807) is 7.11 Å². The molecule has 0 radical (unpaired) electrons. The van der Waals surface area contributed by atoms with Gasteiger partial charge in [0.15, 0.2) is 17.2 Å². The van der Waals surface area contributed by atoms with Crippen LogP contribution in [-0.4, -0.2) is 42.8 Å². The summed E-state index contributed by atoms with van der Waals surface area (Å²) in [6.45, 7) is 7.12. The minimum absolute atomic E-state index is 0.247. The predicted molar refractivity (Wildman–Crippen MR) is 122 cm³/mol. The molecule has 1 aliphatic heterocycles. The lowest BCUT2D eigenvalue weighted by Crippen LogP contribution is -2.27. The smallest absolute Gasteiger partial charge is 0.273 e. The number of hydrogen-bond acceptors (Lipinski definition) is 7. The maximum Gasteiger partial charge on any atom is 0.273 e. The topological polar surface area (TPSA) is 86.1 Å². The summed E-state index contributed by atoms with van der Waals surface area (Å²) in [6, 6.07) is 12.4. The van der Waals surface area contributed by atoms with Gasteiger partial charge in [-0.2, -0.15) is 0 Å². The van der Waals surface area contributed by atoms with E-state index in [9.17, 15) is 4.79 Å². The largest absolute Gasteiger partial charge is 0.454 e. The lowest BCUT2D eigenvalue weighted by atomic mass is 10.0. The molecular weight excluding hydrogens is 422 g/mol. The molecule has 0 aliphatic carbocycles. The molecule has 0 bridgehead atoms. The minimum Gasteiger partial charge on any atom is -0.454 e. The number of nitrogens with zero attached hydrogens (tertiary/aromatic N) is 2. The van der Waals surface area contributed by atoms with E-state index in [1.807, 2.05) is 18.2 Å². The van der Waals surface area contributed by atoms with Crippen LogP contribution in [0.15, 0.2) is 47.1 Å². The second kappa shape index (κ2) is 10.5. The van der Waals surface area contributed by atoms with Gasteiger partial charge in [-0.1, -0.05) is 29.8 Å². The zero-order chi connectivity index (χ0) is 23.2. The zero-order valence-corrected chi connectivity index (χ0v) is 19.2. The molecule has 0 fully saturated rings. The van der Waals surface area contributed by atoms with Gasteiger partial charge in [0.2, 0.25) is 12.7 Å². The van der Waals surface area contributed by atoms with Crippen LogP contribution < -0.4 is 14.8 Å². The van der Waals surface area contributed by atoms with E-state index in [0.29, 0.717) is 38.7 Å². The Bertz CT molecular complexity index is 1110. The van der Waals surface area contributed by atoms with Crippen LogP contribution in [-0.2, 0) is 24.4 Å². The molecule has 1 aromatic heterocycles. The fraction of sp³-hybridized carbons (Fsp3) is 0.360. The van der Waals surface area contributed by atoms with Crippen molar-refractivity contribution in [1.29, 1.82) is 0 Å². The number of ether oxygens (including phenoxy) is 3. The van der Waals surface area contributed by atoms with E-state index in [-0.39, 0.29) is 18.4 Å². The normalized spacial score (nSPS) is 12.4. The van der Waals surface area contributed by atoms with Crippen LogP contribution in [0.25, 0.3) is 0 Å². The van der Waals surface area contributed by atoms with Crippen LogP contribution in [0.4, 0.5) is 0 Å². The van der Waals surface area contributed by atoms with E-state index in [2.05, 4.69) is 47.2 Å². The molecular formula is C25H29N3O5. The molecule has 33 heavy (non-hydrogen) atoms. The van der Waals surface area contributed by atoms with Crippen molar-refractivity contribution in [2.45, 2.75) is 33.5 Å². The standard InChI is InChI=1S/C25H29N3O5/c1-17-4-5-18(2)20(10-17)13-28(12-19-6-7-22-23(11-19)33-16-32-22)14-24-27-21(15-31-24)25(29)26-8-9-30-3/h4-7,10-11,15H,8-9,12-14,16H2,1-3H3,(H,26,29). The second-order valence-electron chi connectivity index (χ2n) is 8.14. The van der Waals surface area contributed by atoms with Crippen molar-refractivity contribution in [3.05, 3.63) is 76.5 Å². The summed E-state index contributed by atoms with van der Waals surface area (Å²) in [4.78, 5) is 18.9. The summed E-state index contributed by atoms with van der Waals surface area (Å²) in [5, 5.41) is 2.76. The number of carbonyl (C=O) groups is 1. The summed E-state index contributed by atoms with van der Waals surface area (Å²) >= 11 is 0.